The second-order valence-electron chi connectivity index (χ2n) is 2.65. The van der Waals surface area contributed by atoms with Crippen LogP contribution in [0.2, 0.25) is 0 Å². The second-order valence-corrected chi connectivity index (χ2v) is 2.65. The van der Waals surface area contributed by atoms with Gasteiger partial charge in [0.25, 0.3) is 0 Å². The zero-order valence-electron chi connectivity index (χ0n) is 7.82. The van der Waals surface area contributed by atoms with Crippen LogP contribution in [-0.4, -0.2) is 20.3 Å². The van der Waals surface area contributed by atoms with E-state index in [1.165, 1.54) is 0 Å². The van der Waals surface area contributed by atoms with Crippen LogP contribution in [0.5, 0.6) is 5.75 Å². The number of para-hydroxylation sites is 1. The van der Waals surface area contributed by atoms with Gasteiger partial charge in [0.05, 0.1) is 20.3 Å². The van der Waals surface area contributed by atoms with Crippen LogP contribution in [0.25, 0.3) is 0 Å². The Hall–Kier alpha value is -1.06. The summed E-state index contributed by atoms with van der Waals surface area (Å²) in [6, 6.07) is 7.80. The molecule has 0 unspecified atom stereocenters. The van der Waals surface area contributed by atoms with Gasteiger partial charge in [0.15, 0.2) is 0 Å². The number of methoxy groups -OCH3 is 1. The van der Waals surface area contributed by atoms with Gasteiger partial charge in [0.1, 0.15) is 5.75 Å². The minimum atomic E-state index is 0.551. The van der Waals surface area contributed by atoms with Crippen LogP contribution < -0.4 is 10.5 Å². The SMILES string of the molecule is COc1ccccc1COCCN. The predicted molar refractivity (Wildman–Crippen MR) is 51.7 cm³/mol. The van der Waals surface area contributed by atoms with Gasteiger partial charge in [-0.15, -0.1) is 0 Å². The van der Waals surface area contributed by atoms with Crippen molar-refractivity contribution in [2.24, 2.45) is 5.73 Å². The fourth-order valence-electron chi connectivity index (χ4n) is 1.09. The molecule has 3 heteroatoms. The summed E-state index contributed by atoms with van der Waals surface area (Å²) in [7, 11) is 1.65. The van der Waals surface area contributed by atoms with Crippen molar-refractivity contribution in [1.82, 2.24) is 0 Å². The van der Waals surface area contributed by atoms with Crippen molar-refractivity contribution in [3.8, 4) is 5.75 Å². The van der Waals surface area contributed by atoms with Crippen molar-refractivity contribution >= 4 is 0 Å². The van der Waals surface area contributed by atoms with Crippen LogP contribution in [0.3, 0.4) is 0 Å². The van der Waals surface area contributed by atoms with E-state index in [9.17, 15) is 0 Å². The van der Waals surface area contributed by atoms with Crippen molar-refractivity contribution in [3.63, 3.8) is 0 Å². The second kappa shape index (κ2) is 5.56. The molecule has 0 aliphatic rings. The lowest BCUT2D eigenvalue weighted by molar-refractivity contribution is 0.126. The van der Waals surface area contributed by atoms with Crippen molar-refractivity contribution in [1.29, 1.82) is 0 Å². The van der Waals surface area contributed by atoms with E-state index in [1.54, 1.807) is 7.11 Å². The quantitative estimate of drug-likeness (QED) is 0.693. The zero-order chi connectivity index (χ0) is 9.52. The number of nitrogens with two attached hydrogens (primary N) is 1. The molecule has 13 heavy (non-hydrogen) atoms. The summed E-state index contributed by atoms with van der Waals surface area (Å²) in [6.07, 6.45) is 0. The van der Waals surface area contributed by atoms with Crippen LogP contribution in [0.4, 0.5) is 0 Å². The monoisotopic (exact) mass is 181 g/mol. The maximum Gasteiger partial charge on any atom is 0.124 e. The highest BCUT2D eigenvalue weighted by atomic mass is 16.5. The Bertz CT molecular complexity index is 250. The Morgan fingerprint density at radius 2 is 2.08 bits per heavy atom. The van der Waals surface area contributed by atoms with Gasteiger partial charge in [-0.1, -0.05) is 18.2 Å². The van der Waals surface area contributed by atoms with E-state index < -0.39 is 0 Å². The molecule has 1 aromatic rings. The molecule has 0 fully saturated rings. The number of ether oxygens (including phenoxy) is 2. The van der Waals surface area contributed by atoms with Crippen LogP contribution in [-0.2, 0) is 11.3 Å². The van der Waals surface area contributed by atoms with Gasteiger partial charge < -0.3 is 15.2 Å². The Kier molecular flexibility index (Phi) is 4.29. The standard InChI is InChI=1S/C10H15NO2/c1-12-10-5-3-2-4-9(10)8-13-7-6-11/h2-5H,6-8,11H2,1H3. The molecule has 0 saturated carbocycles. The molecule has 1 aromatic carbocycles. The van der Waals surface area contributed by atoms with Crippen molar-refractivity contribution in [3.05, 3.63) is 29.8 Å². The molecular formula is C10H15NO2. The summed E-state index contributed by atoms with van der Waals surface area (Å²) >= 11 is 0. The molecule has 0 aromatic heterocycles. The molecule has 0 spiro atoms. The molecule has 3 nitrogen and oxygen atoms in total. The van der Waals surface area contributed by atoms with E-state index in [-0.39, 0.29) is 0 Å². The third-order valence-electron chi connectivity index (χ3n) is 1.71. The van der Waals surface area contributed by atoms with Crippen molar-refractivity contribution in [2.45, 2.75) is 6.61 Å². The number of benzene rings is 1. The molecule has 0 saturated heterocycles. The minimum absolute atomic E-state index is 0.551. The third-order valence-corrected chi connectivity index (χ3v) is 1.71. The van der Waals surface area contributed by atoms with Crippen LogP contribution >= 0.6 is 0 Å². The molecule has 72 valence electrons. The van der Waals surface area contributed by atoms with Gasteiger partial charge in [0.2, 0.25) is 0 Å². The molecule has 2 N–H and O–H groups in total. The number of hydrogen-bond donors (Lipinski definition) is 1. The van der Waals surface area contributed by atoms with E-state index in [2.05, 4.69) is 0 Å². The highest BCUT2D eigenvalue weighted by Crippen LogP contribution is 2.17. The summed E-state index contributed by atoms with van der Waals surface area (Å²) in [5.74, 6) is 0.861. The molecular weight excluding hydrogens is 166 g/mol. The van der Waals surface area contributed by atoms with E-state index in [0.717, 1.165) is 11.3 Å². The highest BCUT2D eigenvalue weighted by molar-refractivity contribution is 5.32. The maximum atomic E-state index is 5.31. The first-order chi connectivity index (χ1) is 6.38. The maximum absolute atomic E-state index is 5.31. The largest absolute Gasteiger partial charge is 0.496 e. The van der Waals surface area contributed by atoms with Crippen LogP contribution in [0.15, 0.2) is 24.3 Å². The third kappa shape index (κ3) is 3.05. The first-order valence-electron chi connectivity index (χ1n) is 4.28. The Balaban J connectivity index is 2.54. The van der Waals surface area contributed by atoms with Crippen LogP contribution in [0.1, 0.15) is 5.56 Å². The first-order valence-corrected chi connectivity index (χ1v) is 4.28. The van der Waals surface area contributed by atoms with Crippen LogP contribution in [0, 0.1) is 0 Å². The smallest absolute Gasteiger partial charge is 0.124 e. The summed E-state index contributed by atoms with van der Waals surface area (Å²) < 4.78 is 10.5. The van der Waals surface area contributed by atoms with E-state index in [0.29, 0.717) is 19.8 Å². The Labute approximate surface area is 78.5 Å². The highest BCUT2D eigenvalue weighted by Gasteiger charge is 1.99. The molecule has 0 bridgehead atoms. The minimum Gasteiger partial charge on any atom is -0.496 e. The van der Waals surface area contributed by atoms with E-state index >= 15 is 0 Å². The fourth-order valence-corrected chi connectivity index (χ4v) is 1.09. The average Bonchev–Trinajstić information content (AvgIpc) is 2.19. The topological polar surface area (TPSA) is 44.5 Å². The molecule has 0 aliphatic heterocycles. The molecule has 1 rings (SSSR count). The van der Waals surface area contributed by atoms with Gasteiger partial charge in [0, 0.05) is 12.1 Å². The number of rotatable bonds is 5. The van der Waals surface area contributed by atoms with Crippen molar-refractivity contribution in [2.75, 3.05) is 20.3 Å². The van der Waals surface area contributed by atoms with E-state index in [1.807, 2.05) is 24.3 Å². The predicted octanol–water partition coefficient (Wildman–Crippen LogP) is 1.17. The summed E-state index contributed by atoms with van der Waals surface area (Å²) in [5, 5.41) is 0. The zero-order valence-corrected chi connectivity index (χ0v) is 7.82. The Morgan fingerprint density at radius 3 is 2.77 bits per heavy atom. The van der Waals surface area contributed by atoms with Gasteiger partial charge in [-0.05, 0) is 6.07 Å². The van der Waals surface area contributed by atoms with Crippen molar-refractivity contribution < 1.29 is 9.47 Å². The molecule has 0 aliphatic carbocycles. The molecule has 0 radical (unpaired) electrons. The van der Waals surface area contributed by atoms with Gasteiger partial charge in [-0.25, -0.2) is 0 Å². The lowest BCUT2D eigenvalue weighted by Gasteiger charge is -2.07. The summed E-state index contributed by atoms with van der Waals surface area (Å²) in [6.45, 7) is 1.69. The molecule has 0 atom stereocenters. The molecule has 0 amide bonds. The lowest BCUT2D eigenvalue weighted by atomic mass is 10.2. The molecule has 0 heterocycles. The van der Waals surface area contributed by atoms with E-state index in [4.69, 9.17) is 15.2 Å². The summed E-state index contributed by atoms with van der Waals surface area (Å²) in [5.41, 5.74) is 6.36. The normalized spacial score (nSPS) is 10.0. The Morgan fingerprint density at radius 1 is 1.31 bits per heavy atom. The van der Waals surface area contributed by atoms with Gasteiger partial charge in [-0.3, -0.25) is 0 Å². The van der Waals surface area contributed by atoms with Gasteiger partial charge in [-0.2, -0.15) is 0 Å². The summed E-state index contributed by atoms with van der Waals surface area (Å²) in [4.78, 5) is 0. The lowest BCUT2D eigenvalue weighted by Crippen LogP contribution is -2.08. The number of hydrogen-bond acceptors (Lipinski definition) is 3. The average molecular weight is 181 g/mol. The van der Waals surface area contributed by atoms with Gasteiger partial charge >= 0.3 is 0 Å². The fraction of sp³-hybridized carbons (Fsp3) is 0.400. The first kappa shape index (κ1) is 10.0.